The van der Waals surface area contributed by atoms with Gasteiger partial charge in [0.1, 0.15) is 5.01 Å². The molecule has 1 atom stereocenters. The summed E-state index contributed by atoms with van der Waals surface area (Å²) in [6.45, 7) is 6.38. The normalized spacial score (nSPS) is 15.5. The molecule has 21 heavy (non-hydrogen) atoms. The van der Waals surface area contributed by atoms with Gasteiger partial charge >= 0.3 is 0 Å². The Kier molecular flexibility index (Phi) is 4.34. The van der Waals surface area contributed by atoms with Crippen LogP contribution >= 0.6 is 22.9 Å². The SMILES string of the molecule is Cc1ccc(C(NC(C)C)c2nc3c(s2)CCC3)cc1Cl. The van der Waals surface area contributed by atoms with Crippen molar-refractivity contribution in [2.75, 3.05) is 0 Å². The largest absolute Gasteiger partial charge is 0.302 e. The van der Waals surface area contributed by atoms with Crippen LogP contribution in [0.15, 0.2) is 18.2 Å². The lowest BCUT2D eigenvalue weighted by Crippen LogP contribution is -2.29. The van der Waals surface area contributed by atoms with Crippen molar-refractivity contribution in [3.63, 3.8) is 0 Å². The molecule has 0 saturated carbocycles. The first kappa shape index (κ1) is 15.0. The van der Waals surface area contributed by atoms with Gasteiger partial charge in [-0.2, -0.15) is 0 Å². The number of fused-ring (bicyclic) bond motifs is 1. The smallest absolute Gasteiger partial charge is 0.115 e. The third-order valence-corrected chi connectivity index (χ3v) is 5.52. The zero-order valence-electron chi connectivity index (χ0n) is 12.7. The topological polar surface area (TPSA) is 24.9 Å². The van der Waals surface area contributed by atoms with Crippen LogP contribution in [0.5, 0.6) is 0 Å². The highest BCUT2D eigenvalue weighted by atomic mass is 35.5. The summed E-state index contributed by atoms with van der Waals surface area (Å²) in [6, 6.07) is 6.86. The second-order valence-electron chi connectivity index (χ2n) is 6.04. The maximum absolute atomic E-state index is 6.31. The number of thiazole rings is 1. The molecule has 112 valence electrons. The van der Waals surface area contributed by atoms with E-state index in [1.54, 1.807) is 0 Å². The van der Waals surface area contributed by atoms with Crippen LogP contribution in [0.4, 0.5) is 0 Å². The number of hydrogen-bond acceptors (Lipinski definition) is 3. The number of rotatable bonds is 4. The van der Waals surface area contributed by atoms with Crippen LogP contribution in [0.3, 0.4) is 0 Å². The van der Waals surface area contributed by atoms with Gasteiger partial charge in [-0.05, 0) is 57.2 Å². The van der Waals surface area contributed by atoms with Gasteiger partial charge in [-0.3, -0.25) is 0 Å². The van der Waals surface area contributed by atoms with Gasteiger partial charge < -0.3 is 5.32 Å². The van der Waals surface area contributed by atoms with E-state index in [0.717, 1.165) is 17.0 Å². The van der Waals surface area contributed by atoms with E-state index in [0.29, 0.717) is 6.04 Å². The summed E-state index contributed by atoms with van der Waals surface area (Å²) in [6.07, 6.45) is 3.58. The second-order valence-corrected chi connectivity index (χ2v) is 7.56. The molecule has 1 aliphatic rings. The molecule has 0 amide bonds. The predicted octanol–water partition coefficient (Wildman–Crippen LogP) is 4.68. The molecular formula is C17H21ClN2S. The number of hydrogen-bond donors (Lipinski definition) is 1. The van der Waals surface area contributed by atoms with Crippen molar-refractivity contribution < 1.29 is 0 Å². The van der Waals surface area contributed by atoms with E-state index in [2.05, 4.69) is 37.4 Å². The maximum Gasteiger partial charge on any atom is 0.115 e. The Hall–Kier alpha value is -0.900. The minimum atomic E-state index is 0.138. The summed E-state index contributed by atoms with van der Waals surface area (Å²) in [5.74, 6) is 0. The van der Waals surface area contributed by atoms with E-state index in [9.17, 15) is 0 Å². The van der Waals surface area contributed by atoms with Crippen molar-refractivity contribution in [3.8, 4) is 0 Å². The lowest BCUT2D eigenvalue weighted by molar-refractivity contribution is 0.526. The number of halogens is 1. The van der Waals surface area contributed by atoms with Crippen molar-refractivity contribution >= 4 is 22.9 Å². The van der Waals surface area contributed by atoms with Crippen molar-refractivity contribution in [1.29, 1.82) is 0 Å². The van der Waals surface area contributed by atoms with E-state index in [1.165, 1.54) is 34.0 Å². The summed E-state index contributed by atoms with van der Waals surface area (Å²) in [7, 11) is 0. The number of nitrogens with one attached hydrogen (secondary N) is 1. The van der Waals surface area contributed by atoms with E-state index in [4.69, 9.17) is 16.6 Å². The number of aromatic nitrogens is 1. The van der Waals surface area contributed by atoms with E-state index >= 15 is 0 Å². The average Bonchev–Trinajstić information content (AvgIpc) is 3.00. The van der Waals surface area contributed by atoms with E-state index in [-0.39, 0.29) is 6.04 Å². The number of benzene rings is 1. The van der Waals surface area contributed by atoms with Crippen molar-refractivity contribution in [2.45, 2.75) is 52.1 Å². The Morgan fingerprint density at radius 1 is 1.29 bits per heavy atom. The predicted molar refractivity (Wildman–Crippen MR) is 90.4 cm³/mol. The first-order valence-electron chi connectivity index (χ1n) is 7.55. The molecular weight excluding hydrogens is 300 g/mol. The third kappa shape index (κ3) is 3.15. The minimum Gasteiger partial charge on any atom is -0.302 e. The quantitative estimate of drug-likeness (QED) is 0.884. The fourth-order valence-corrected chi connectivity index (χ4v) is 4.20. The monoisotopic (exact) mass is 320 g/mol. The Labute approximate surface area is 135 Å². The number of nitrogens with zero attached hydrogens (tertiary/aromatic N) is 1. The summed E-state index contributed by atoms with van der Waals surface area (Å²) in [4.78, 5) is 6.36. The van der Waals surface area contributed by atoms with Crippen molar-refractivity contribution in [2.24, 2.45) is 0 Å². The minimum absolute atomic E-state index is 0.138. The molecule has 3 rings (SSSR count). The molecule has 1 aromatic carbocycles. The zero-order valence-corrected chi connectivity index (χ0v) is 14.3. The zero-order chi connectivity index (χ0) is 15.0. The lowest BCUT2D eigenvalue weighted by atomic mass is 10.0. The van der Waals surface area contributed by atoms with Gasteiger partial charge in [-0.1, -0.05) is 23.7 Å². The van der Waals surface area contributed by atoms with Crippen LogP contribution in [-0.2, 0) is 12.8 Å². The Balaban J connectivity index is 1.98. The van der Waals surface area contributed by atoms with Crippen molar-refractivity contribution in [3.05, 3.63) is 49.9 Å². The van der Waals surface area contributed by atoms with E-state index in [1.807, 2.05) is 18.3 Å². The summed E-state index contributed by atoms with van der Waals surface area (Å²) in [5.41, 5.74) is 3.63. The first-order valence-corrected chi connectivity index (χ1v) is 8.74. The highest BCUT2D eigenvalue weighted by molar-refractivity contribution is 7.11. The van der Waals surface area contributed by atoms with Crippen LogP contribution in [0.1, 0.15) is 53.0 Å². The third-order valence-electron chi connectivity index (χ3n) is 3.89. The Morgan fingerprint density at radius 2 is 2.10 bits per heavy atom. The molecule has 0 bridgehead atoms. The van der Waals surface area contributed by atoms with Gasteiger partial charge in [0.05, 0.1) is 11.7 Å². The van der Waals surface area contributed by atoms with Gasteiger partial charge in [0.2, 0.25) is 0 Å². The molecule has 1 aliphatic carbocycles. The van der Waals surface area contributed by atoms with Gasteiger partial charge in [0.15, 0.2) is 0 Å². The molecule has 0 saturated heterocycles. The molecule has 1 heterocycles. The Bertz CT molecular complexity index is 627. The van der Waals surface area contributed by atoms with Gasteiger partial charge in [-0.15, -0.1) is 11.3 Å². The lowest BCUT2D eigenvalue weighted by Gasteiger charge is -2.20. The highest BCUT2D eigenvalue weighted by Crippen LogP contribution is 2.34. The fourth-order valence-electron chi connectivity index (χ4n) is 2.77. The number of aryl methyl sites for hydroxylation is 3. The van der Waals surface area contributed by atoms with Crippen molar-refractivity contribution in [1.82, 2.24) is 10.3 Å². The molecule has 1 unspecified atom stereocenters. The van der Waals surface area contributed by atoms with Gasteiger partial charge in [0.25, 0.3) is 0 Å². The summed E-state index contributed by atoms with van der Waals surface area (Å²) in [5, 5.41) is 5.64. The summed E-state index contributed by atoms with van der Waals surface area (Å²) >= 11 is 8.17. The molecule has 0 radical (unpaired) electrons. The molecule has 0 aliphatic heterocycles. The first-order chi connectivity index (χ1) is 10.0. The van der Waals surface area contributed by atoms with Crippen LogP contribution in [0.25, 0.3) is 0 Å². The Morgan fingerprint density at radius 3 is 2.76 bits per heavy atom. The molecule has 1 aromatic heterocycles. The van der Waals surface area contributed by atoms with E-state index < -0.39 is 0 Å². The molecule has 1 N–H and O–H groups in total. The average molecular weight is 321 g/mol. The molecule has 0 spiro atoms. The van der Waals surface area contributed by atoms with Gasteiger partial charge in [0, 0.05) is 15.9 Å². The fraction of sp³-hybridized carbons (Fsp3) is 0.471. The maximum atomic E-state index is 6.31. The summed E-state index contributed by atoms with van der Waals surface area (Å²) < 4.78 is 0. The molecule has 2 nitrogen and oxygen atoms in total. The van der Waals surface area contributed by atoms with Crippen LogP contribution in [-0.4, -0.2) is 11.0 Å². The second kappa shape index (κ2) is 6.07. The van der Waals surface area contributed by atoms with Gasteiger partial charge in [-0.25, -0.2) is 4.98 Å². The highest BCUT2D eigenvalue weighted by Gasteiger charge is 2.24. The molecule has 0 fully saturated rings. The van der Waals surface area contributed by atoms with Crippen LogP contribution < -0.4 is 5.32 Å². The standard InChI is InChI=1S/C17H21ClN2S/c1-10(2)19-16(12-8-7-11(3)13(18)9-12)17-20-14-5-4-6-15(14)21-17/h7-10,16,19H,4-6H2,1-3H3. The molecule has 4 heteroatoms. The molecule has 2 aromatic rings. The van der Waals surface area contributed by atoms with Crippen LogP contribution in [0.2, 0.25) is 5.02 Å². The van der Waals surface area contributed by atoms with Crippen LogP contribution in [0, 0.1) is 6.92 Å².